The molecule has 0 saturated heterocycles. The first-order valence-electron chi connectivity index (χ1n) is 4.92. The maximum absolute atomic E-state index is 4.40. The van der Waals surface area contributed by atoms with E-state index in [1.807, 2.05) is 31.9 Å². The van der Waals surface area contributed by atoms with Crippen molar-refractivity contribution in [1.82, 2.24) is 9.97 Å². The Kier molecular flexibility index (Phi) is 4.73. The van der Waals surface area contributed by atoms with E-state index in [4.69, 9.17) is 0 Å². The van der Waals surface area contributed by atoms with Crippen LogP contribution >= 0.6 is 11.8 Å². The molecule has 0 fully saturated rings. The lowest BCUT2D eigenvalue weighted by atomic mass is 10.4. The molecule has 0 spiro atoms. The maximum atomic E-state index is 4.40. The van der Waals surface area contributed by atoms with Gasteiger partial charge in [0, 0.05) is 13.2 Å². The standard InChI is InChI=1S/C10H17N3S/c1-4-5-6-14-9-8(2)7-12-10(11-3)13-9/h7H,4-6H2,1-3H3,(H,11,12,13). The maximum Gasteiger partial charge on any atom is 0.223 e. The van der Waals surface area contributed by atoms with Crippen LogP contribution in [0.15, 0.2) is 11.2 Å². The van der Waals surface area contributed by atoms with Gasteiger partial charge in [-0.1, -0.05) is 13.3 Å². The van der Waals surface area contributed by atoms with E-state index in [1.54, 1.807) is 0 Å². The van der Waals surface area contributed by atoms with Crippen molar-refractivity contribution in [1.29, 1.82) is 0 Å². The number of anilines is 1. The molecule has 0 aliphatic heterocycles. The number of nitrogens with one attached hydrogen (secondary N) is 1. The summed E-state index contributed by atoms with van der Waals surface area (Å²) in [7, 11) is 1.84. The fourth-order valence-electron chi connectivity index (χ4n) is 1.01. The quantitative estimate of drug-likeness (QED) is 0.461. The van der Waals surface area contributed by atoms with Crippen LogP contribution in [0.3, 0.4) is 0 Å². The van der Waals surface area contributed by atoms with Crippen LogP contribution in [0.5, 0.6) is 0 Å². The largest absolute Gasteiger partial charge is 0.357 e. The highest BCUT2D eigenvalue weighted by atomic mass is 32.2. The minimum atomic E-state index is 0.703. The van der Waals surface area contributed by atoms with E-state index in [1.165, 1.54) is 12.8 Å². The van der Waals surface area contributed by atoms with E-state index < -0.39 is 0 Å². The van der Waals surface area contributed by atoms with Crippen LogP contribution in [0.1, 0.15) is 25.3 Å². The molecule has 1 aromatic rings. The monoisotopic (exact) mass is 211 g/mol. The van der Waals surface area contributed by atoms with Gasteiger partial charge >= 0.3 is 0 Å². The van der Waals surface area contributed by atoms with E-state index in [2.05, 4.69) is 22.2 Å². The van der Waals surface area contributed by atoms with Crippen molar-refractivity contribution in [2.24, 2.45) is 0 Å². The lowest BCUT2D eigenvalue weighted by molar-refractivity contribution is 0.892. The first kappa shape index (κ1) is 11.3. The van der Waals surface area contributed by atoms with E-state index >= 15 is 0 Å². The van der Waals surface area contributed by atoms with Crippen molar-refractivity contribution in [3.05, 3.63) is 11.8 Å². The Morgan fingerprint density at radius 1 is 1.50 bits per heavy atom. The Morgan fingerprint density at radius 3 is 2.93 bits per heavy atom. The molecule has 0 unspecified atom stereocenters. The normalized spacial score (nSPS) is 10.2. The Morgan fingerprint density at radius 2 is 2.29 bits per heavy atom. The summed E-state index contributed by atoms with van der Waals surface area (Å²) in [6.45, 7) is 4.25. The third kappa shape index (κ3) is 3.18. The number of thioether (sulfide) groups is 1. The van der Waals surface area contributed by atoms with Crippen LogP contribution in [0, 0.1) is 6.92 Å². The molecule has 78 valence electrons. The van der Waals surface area contributed by atoms with Gasteiger partial charge in [-0.3, -0.25) is 0 Å². The van der Waals surface area contributed by atoms with Crippen LogP contribution < -0.4 is 5.32 Å². The number of unbranched alkanes of at least 4 members (excludes halogenated alkanes) is 1. The van der Waals surface area contributed by atoms with Gasteiger partial charge in [-0.25, -0.2) is 9.97 Å². The van der Waals surface area contributed by atoms with Crippen LogP contribution in [0.4, 0.5) is 5.95 Å². The summed E-state index contributed by atoms with van der Waals surface area (Å²) in [5.74, 6) is 1.84. The molecule has 0 radical (unpaired) electrons. The highest BCUT2D eigenvalue weighted by molar-refractivity contribution is 7.99. The lowest BCUT2D eigenvalue weighted by Gasteiger charge is -2.05. The molecule has 0 amide bonds. The highest BCUT2D eigenvalue weighted by Crippen LogP contribution is 2.21. The Bertz CT molecular complexity index is 289. The number of aromatic nitrogens is 2. The van der Waals surface area contributed by atoms with Crippen LogP contribution in [-0.2, 0) is 0 Å². The lowest BCUT2D eigenvalue weighted by Crippen LogP contribution is -1.98. The van der Waals surface area contributed by atoms with Gasteiger partial charge in [-0.2, -0.15) is 0 Å². The summed E-state index contributed by atoms with van der Waals surface area (Å²) in [5.41, 5.74) is 1.16. The van der Waals surface area contributed by atoms with Gasteiger partial charge in [-0.05, 0) is 24.7 Å². The molecule has 0 aliphatic rings. The molecule has 1 heterocycles. The summed E-state index contributed by atoms with van der Waals surface area (Å²) in [6, 6.07) is 0. The van der Waals surface area contributed by atoms with Gasteiger partial charge in [0.1, 0.15) is 5.03 Å². The van der Waals surface area contributed by atoms with Crippen molar-refractivity contribution >= 4 is 17.7 Å². The third-order valence-electron chi connectivity index (χ3n) is 1.89. The third-order valence-corrected chi connectivity index (χ3v) is 3.07. The van der Waals surface area contributed by atoms with E-state index in [0.29, 0.717) is 5.95 Å². The van der Waals surface area contributed by atoms with Gasteiger partial charge in [0.15, 0.2) is 0 Å². The fourth-order valence-corrected chi connectivity index (χ4v) is 2.06. The Labute approximate surface area is 89.7 Å². The predicted octanol–water partition coefficient (Wildman–Crippen LogP) is 2.72. The zero-order valence-corrected chi connectivity index (χ0v) is 9.82. The smallest absolute Gasteiger partial charge is 0.223 e. The molecule has 0 aromatic carbocycles. The van der Waals surface area contributed by atoms with Crippen molar-refractivity contribution < 1.29 is 0 Å². The first-order chi connectivity index (χ1) is 6.77. The fraction of sp³-hybridized carbons (Fsp3) is 0.600. The molecule has 0 saturated carbocycles. The molecule has 4 heteroatoms. The molecule has 1 aromatic heterocycles. The number of hydrogen-bond donors (Lipinski definition) is 1. The summed E-state index contributed by atoms with van der Waals surface area (Å²) in [5, 5.41) is 4.04. The van der Waals surface area contributed by atoms with E-state index in [-0.39, 0.29) is 0 Å². The first-order valence-corrected chi connectivity index (χ1v) is 5.90. The van der Waals surface area contributed by atoms with Crippen molar-refractivity contribution in [2.75, 3.05) is 18.1 Å². The molecule has 1 rings (SSSR count). The molecular formula is C10H17N3S. The van der Waals surface area contributed by atoms with E-state index in [9.17, 15) is 0 Å². The van der Waals surface area contributed by atoms with Crippen LogP contribution in [-0.4, -0.2) is 22.8 Å². The number of rotatable bonds is 5. The van der Waals surface area contributed by atoms with Gasteiger partial charge in [0.05, 0.1) is 0 Å². The Hall–Kier alpha value is -0.770. The van der Waals surface area contributed by atoms with Gasteiger partial charge < -0.3 is 5.32 Å². The zero-order chi connectivity index (χ0) is 10.4. The average Bonchev–Trinajstić information content (AvgIpc) is 2.21. The summed E-state index contributed by atoms with van der Waals surface area (Å²) in [4.78, 5) is 8.55. The minimum Gasteiger partial charge on any atom is -0.357 e. The second-order valence-electron chi connectivity index (χ2n) is 3.13. The van der Waals surface area contributed by atoms with Crippen molar-refractivity contribution in [3.63, 3.8) is 0 Å². The van der Waals surface area contributed by atoms with Crippen LogP contribution in [0.25, 0.3) is 0 Å². The van der Waals surface area contributed by atoms with E-state index in [0.717, 1.165) is 16.3 Å². The number of aryl methyl sites for hydroxylation is 1. The van der Waals surface area contributed by atoms with Gasteiger partial charge in [0.25, 0.3) is 0 Å². The van der Waals surface area contributed by atoms with Gasteiger partial charge in [0.2, 0.25) is 5.95 Å². The molecule has 3 nitrogen and oxygen atoms in total. The molecule has 1 N–H and O–H groups in total. The summed E-state index contributed by atoms with van der Waals surface area (Å²) >= 11 is 1.81. The molecule has 0 aliphatic carbocycles. The molecule has 0 bridgehead atoms. The highest BCUT2D eigenvalue weighted by Gasteiger charge is 2.02. The van der Waals surface area contributed by atoms with Crippen molar-refractivity contribution in [3.8, 4) is 0 Å². The second kappa shape index (κ2) is 5.86. The molecule has 0 atom stereocenters. The minimum absolute atomic E-state index is 0.703. The van der Waals surface area contributed by atoms with Crippen LogP contribution in [0.2, 0.25) is 0 Å². The molecule has 14 heavy (non-hydrogen) atoms. The number of nitrogens with zero attached hydrogens (tertiary/aromatic N) is 2. The number of hydrogen-bond acceptors (Lipinski definition) is 4. The Balaban J connectivity index is 2.64. The van der Waals surface area contributed by atoms with Gasteiger partial charge in [-0.15, -0.1) is 11.8 Å². The predicted molar refractivity (Wildman–Crippen MR) is 61.9 cm³/mol. The van der Waals surface area contributed by atoms with Crippen molar-refractivity contribution in [2.45, 2.75) is 31.7 Å². The summed E-state index contributed by atoms with van der Waals surface area (Å²) < 4.78 is 0. The summed E-state index contributed by atoms with van der Waals surface area (Å²) in [6.07, 6.45) is 4.34. The topological polar surface area (TPSA) is 37.8 Å². The zero-order valence-electron chi connectivity index (χ0n) is 9.00. The molecular weight excluding hydrogens is 194 g/mol. The second-order valence-corrected chi connectivity index (χ2v) is 4.22. The average molecular weight is 211 g/mol. The SMILES string of the molecule is CCCCSc1nc(NC)ncc1C.